The lowest BCUT2D eigenvalue weighted by Crippen LogP contribution is -2.36. The summed E-state index contributed by atoms with van der Waals surface area (Å²) in [7, 11) is 3.14. The minimum absolute atomic E-state index is 0.191. The molecule has 184 valence electrons. The fourth-order valence-corrected chi connectivity index (χ4v) is 4.95. The topological polar surface area (TPSA) is 86.7 Å². The fourth-order valence-electron chi connectivity index (χ4n) is 4.22. The molecule has 8 nitrogen and oxygen atoms in total. The molecule has 0 unspecified atom stereocenters. The number of aryl methyl sites for hydroxylation is 2. The lowest BCUT2D eigenvalue weighted by molar-refractivity contribution is -0.118. The molecule has 2 aromatic carbocycles. The first-order valence-corrected chi connectivity index (χ1v) is 12.4. The molecule has 1 aliphatic rings. The van der Waals surface area contributed by atoms with Gasteiger partial charge in [0.1, 0.15) is 0 Å². The zero-order chi connectivity index (χ0) is 25.3. The fraction of sp³-hybridized carbons (Fsp3) is 0.385. The number of rotatable bonds is 6. The van der Waals surface area contributed by atoms with Crippen molar-refractivity contribution in [1.29, 1.82) is 0 Å². The van der Waals surface area contributed by atoms with Crippen LogP contribution < -0.4 is 19.1 Å². The number of fused-ring (bicyclic) bond motifs is 3. The molecule has 1 aliphatic heterocycles. The molecule has 1 atom stereocenters. The monoisotopic (exact) mass is 494 g/mol. The highest BCUT2D eigenvalue weighted by Crippen LogP contribution is 2.48. The van der Waals surface area contributed by atoms with Gasteiger partial charge in [-0.2, -0.15) is 4.98 Å². The summed E-state index contributed by atoms with van der Waals surface area (Å²) in [6, 6.07) is 9.53. The summed E-state index contributed by atoms with van der Waals surface area (Å²) >= 11 is 1.52. The molecule has 0 N–H and O–H groups in total. The summed E-state index contributed by atoms with van der Waals surface area (Å²) in [5.41, 5.74) is 4.53. The molecule has 3 aromatic rings. The van der Waals surface area contributed by atoms with Crippen molar-refractivity contribution in [2.75, 3.05) is 24.9 Å². The van der Waals surface area contributed by atoms with E-state index in [0.29, 0.717) is 45.4 Å². The third-order valence-electron chi connectivity index (χ3n) is 5.62. The summed E-state index contributed by atoms with van der Waals surface area (Å²) in [6.07, 6.45) is -0.862. The van der Waals surface area contributed by atoms with Crippen LogP contribution in [0.5, 0.6) is 17.4 Å². The Morgan fingerprint density at radius 1 is 1.17 bits per heavy atom. The molecule has 0 spiro atoms. The predicted molar refractivity (Wildman–Crippen MR) is 136 cm³/mol. The number of nitrogens with zero attached hydrogens (tertiary/aromatic N) is 4. The van der Waals surface area contributed by atoms with Crippen molar-refractivity contribution in [2.45, 2.75) is 46.0 Å². The van der Waals surface area contributed by atoms with E-state index in [9.17, 15) is 4.79 Å². The van der Waals surface area contributed by atoms with Crippen LogP contribution in [0.4, 0.5) is 5.69 Å². The lowest BCUT2D eigenvalue weighted by atomic mass is 10.00. The number of methoxy groups -OCH3 is 2. The average molecular weight is 495 g/mol. The van der Waals surface area contributed by atoms with Crippen LogP contribution in [0.3, 0.4) is 0 Å². The molecular formula is C26H30N4O4S. The maximum absolute atomic E-state index is 13.2. The Labute approximate surface area is 210 Å². The Morgan fingerprint density at radius 3 is 2.60 bits per heavy atom. The summed E-state index contributed by atoms with van der Waals surface area (Å²) in [5.74, 6) is 2.46. The number of carbonyl (C=O) groups is 1. The Bertz CT molecular complexity index is 1260. The smallest absolute Gasteiger partial charge is 0.247 e. The quantitative estimate of drug-likeness (QED) is 0.423. The van der Waals surface area contributed by atoms with Gasteiger partial charge < -0.3 is 14.2 Å². The molecule has 2 heterocycles. The van der Waals surface area contributed by atoms with Crippen LogP contribution in [0, 0.1) is 19.8 Å². The van der Waals surface area contributed by atoms with Gasteiger partial charge in [0, 0.05) is 18.2 Å². The highest BCUT2D eigenvalue weighted by molar-refractivity contribution is 7.99. The number of aromatic nitrogens is 3. The van der Waals surface area contributed by atoms with Gasteiger partial charge in [0.15, 0.2) is 17.2 Å². The van der Waals surface area contributed by atoms with E-state index in [0.717, 1.165) is 22.4 Å². The highest BCUT2D eigenvalue weighted by atomic mass is 32.2. The van der Waals surface area contributed by atoms with Gasteiger partial charge >= 0.3 is 0 Å². The summed E-state index contributed by atoms with van der Waals surface area (Å²) in [6.45, 7) is 9.77. The maximum atomic E-state index is 13.2. The molecule has 0 aliphatic carbocycles. The molecule has 1 amide bonds. The van der Waals surface area contributed by atoms with Gasteiger partial charge in [0.2, 0.25) is 23.2 Å². The van der Waals surface area contributed by atoms with Crippen molar-refractivity contribution in [3.8, 4) is 28.6 Å². The normalized spacial score (nSPS) is 14.6. The molecule has 9 heteroatoms. The Balaban J connectivity index is 1.99. The van der Waals surface area contributed by atoms with Gasteiger partial charge in [-0.05, 0) is 43.5 Å². The molecule has 4 rings (SSSR count). The summed E-state index contributed by atoms with van der Waals surface area (Å²) < 4.78 is 17.8. The second-order valence-corrected chi connectivity index (χ2v) is 9.86. The number of carbonyl (C=O) groups excluding carboxylic acids is 1. The van der Waals surface area contributed by atoms with Crippen molar-refractivity contribution in [1.82, 2.24) is 15.2 Å². The van der Waals surface area contributed by atoms with E-state index < -0.39 is 6.23 Å². The number of anilines is 1. The van der Waals surface area contributed by atoms with E-state index in [2.05, 4.69) is 24.0 Å². The van der Waals surface area contributed by atoms with E-state index in [1.165, 1.54) is 18.7 Å². The molecule has 0 fully saturated rings. The van der Waals surface area contributed by atoms with Crippen LogP contribution in [-0.2, 0) is 4.79 Å². The first kappa shape index (κ1) is 24.8. The molecule has 0 saturated heterocycles. The zero-order valence-corrected chi connectivity index (χ0v) is 21.9. The lowest BCUT2D eigenvalue weighted by Gasteiger charge is -2.32. The van der Waals surface area contributed by atoms with Crippen LogP contribution in [0.2, 0.25) is 0 Å². The zero-order valence-electron chi connectivity index (χ0n) is 21.1. The minimum atomic E-state index is -0.862. The van der Waals surface area contributed by atoms with Gasteiger partial charge in [-0.25, -0.2) is 0 Å². The van der Waals surface area contributed by atoms with Gasteiger partial charge in [0.05, 0.1) is 25.5 Å². The molecule has 0 bridgehead atoms. The number of ether oxygens (including phenoxy) is 3. The third-order valence-corrected chi connectivity index (χ3v) is 6.88. The second kappa shape index (κ2) is 10.1. The number of para-hydroxylation sites is 1. The van der Waals surface area contributed by atoms with E-state index in [1.54, 1.807) is 25.2 Å². The Hall–Kier alpha value is -3.33. The van der Waals surface area contributed by atoms with Crippen molar-refractivity contribution >= 4 is 23.4 Å². The van der Waals surface area contributed by atoms with Crippen LogP contribution in [0.25, 0.3) is 11.3 Å². The van der Waals surface area contributed by atoms with E-state index in [1.807, 2.05) is 38.1 Å². The number of thioether (sulfide) groups is 1. The van der Waals surface area contributed by atoms with E-state index >= 15 is 0 Å². The maximum Gasteiger partial charge on any atom is 0.247 e. The SMILES string of the molecule is COc1cccc([C@@H]2Oc3nc(SCC(C)C)nnc3-c3cc(C)cc(C)c3N2C(C)=O)c1OC. The molecule has 35 heavy (non-hydrogen) atoms. The summed E-state index contributed by atoms with van der Waals surface area (Å²) in [5, 5.41) is 9.42. The average Bonchev–Trinajstić information content (AvgIpc) is 2.96. The number of hydrogen-bond acceptors (Lipinski definition) is 8. The van der Waals surface area contributed by atoms with Crippen molar-refractivity contribution in [2.24, 2.45) is 5.92 Å². The van der Waals surface area contributed by atoms with Crippen molar-refractivity contribution < 1.29 is 19.0 Å². The predicted octanol–water partition coefficient (Wildman–Crippen LogP) is 5.36. The molecule has 0 saturated carbocycles. The highest BCUT2D eigenvalue weighted by Gasteiger charge is 2.37. The van der Waals surface area contributed by atoms with Gasteiger partial charge in [0.25, 0.3) is 0 Å². The standard InChI is InChI=1S/C26H30N4O4S/c1-14(2)13-35-26-27-24-21(28-29-26)19-12-15(3)11-16(4)22(19)30(17(5)31)25(34-24)18-9-8-10-20(32-6)23(18)33-7/h8-12,14,25H,13H2,1-7H3/t25-/m0/s1. The van der Waals surface area contributed by atoms with Crippen LogP contribution in [0.15, 0.2) is 35.5 Å². The first-order valence-electron chi connectivity index (χ1n) is 11.4. The first-order chi connectivity index (χ1) is 16.7. The van der Waals surface area contributed by atoms with Gasteiger partial charge in [-0.3, -0.25) is 9.69 Å². The van der Waals surface area contributed by atoms with Gasteiger partial charge in [-0.1, -0.05) is 43.3 Å². The molecule has 0 radical (unpaired) electrons. The minimum Gasteiger partial charge on any atom is -0.493 e. The van der Waals surface area contributed by atoms with Crippen LogP contribution in [-0.4, -0.2) is 41.1 Å². The van der Waals surface area contributed by atoms with Gasteiger partial charge in [-0.15, -0.1) is 10.2 Å². The third kappa shape index (κ3) is 4.77. The number of hydrogen-bond donors (Lipinski definition) is 0. The van der Waals surface area contributed by atoms with Crippen LogP contribution in [0.1, 0.15) is 43.7 Å². The number of benzene rings is 2. The Morgan fingerprint density at radius 2 is 1.94 bits per heavy atom. The van der Waals surface area contributed by atoms with E-state index in [4.69, 9.17) is 19.2 Å². The molecular weight excluding hydrogens is 464 g/mol. The number of amides is 1. The van der Waals surface area contributed by atoms with E-state index in [-0.39, 0.29) is 5.91 Å². The molecule has 1 aromatic heterocycles. The summed E-state index contributed by atoms with van der Waals surface area (Å²) in [4.78, 5) is 19.6. The van der Waals surface area contributed by atoms with Crippen LogP contribution >= 0.6 is 11.8 Å². The van der Waals surface area contributed by atoms with Crippen molar-refractivity contribution in [3.05, 3.63) is 47.0 Å². The largest absolute Gasteiger partial charge is 0.493 e. The van der Waals surface area contributed by atoms with Crippen molar-refractivity contribution in [3.63, 3.8) is 0 Å². The Kier molecular flexibility index (Phi) is 7.16. The second-order valence-electron chi connectivity index (χ2n) is 8.87.